The lowest BCUT2D eigenvalue weighted by Crippen LogP contribution is -2.03. The predicted molar refractivity (Wildman–Crippen MR) is 61.5 cm³/mol. The first-order valence-corrected chi connectivity index (χ1v) is 5.90. The van der Waals surface area contributed by atoms with Crippen molar-refractivity contribution in [3.8, 4) is 0 Å². The average molecular weight is 222 g/mol. The molecule has 0 aliphatic carbocycles. The Bertz CT molecular complexity index is 496. The Balaban J connectivity index is 2.55. The zero-order valence-corrected chi connectivity index (χ0v) is 9.97. The lowest BCUT2D eigenvalue weighted by molar-refractivity contribution is -0.116. The van der Waals surface area contributed by atoms with Gasteiger partial charge in [0.2, 0.25) is 0 Å². The van der Waals surface area contributed by atoms with Crippen LogP contribution in [0.5, 0.6) is 0 Å². The van der Waals surface area contributed by atoms with Crippen LogP contribution in [0.25, 0.3) is 4.96 Å². The Morgan fingerprint density at radius 3 is 2.93 bits per heavy atom. The summed E-state index contributed by atoms with van der Waals surface area (Å²) in [5, 5.41) is 2.12. The van der Waals surface area contributed by atoms with Crippen LogP contribution in [0.15, 0.2) is 11.6 Å². The molecule has 0 unspecified atom stereocenters. The number of thiazole rings is 1. The molecule has 0 radical (unpaired) electrons. The van der Waals surface area contributed by atoms with Crippen LogP contribution in [0.1, 0.15) is 38.1 Å². The molecule has 4 heteroatoms. The van der Waals surface area contributed by atoms with Gasteiger partial charge in [0.15, 0.2) is 4.96 Å². The third kappa shape index (κ3) is 1.81. The molecule has 2 rings (SSSR count). The molecule has 0 saturated heterocycles. The second kappa shape index (κ2) is 3.77. The van der Waals surface area contributed by atoms with Crippen LogP contribution in [-0.4, -0.2) is 15.2 Å². The summed E-state index contributed by atoms with van der Waals surface area (Å²) in [6.45, 7) is 5.92. The Morgan fingerprint density at radius 1 is 1.60 bits per heavy atom. The molecule has 0 aliphatic rings. The number of aromatic nitrogens is 2. The smallest absolute Gasteiger partial charge is 0.194 e. The number of nitrogens with zero attached hydrogens (tertiary/aromatic N) is 2. The number of imidazole rings is 1. The van der Waals surface area contributed by atoms with E-state index in [2.05, 4.69) is 28.6 Å². The minimum atomic E-state index is 0.178. The van der Waals surface area contributed by atoms with Crippen molar-refractivity contribution in [2.24, 2.45) is 0 Å². The molecule has 15 heavy (non-hydrogen) atoms. The maximum atomic E-state index is 11.1. The van der Waals surface area contributed by atoms with Gasteiger partial charge < -0.3 is 0 Å². The molecule has 0 aliphatic heterocycles. The number of carbonyl (C=O) groups excluding carboxylic acids is 1. The zero-order chi connectivity index (χ0) is 11.0. The van der Waals surface area contributed by atoms with Crippen LogP contribution in [0.2, 0.25) is 0 Å². The molecule has 0 fully saturated rings. The summed E-state index contributed by atoms with van der Waals surface area (Å²) in [5.41, 5.74) is 2.24. The SMILES string of the molecule is CC(=O)Cc1cnc2scc(C(C)C)n12. The zero-order valence-electron chi connectivity index (χ0n) is 9.15. The number of fused-ring (bicyclic) bond motifs is 1. The standard InChI is InChI=1S/C11H14N2OS/c1-7(2)10-6-15-11-12-5-9(13(10)11)4-8(3)14/h5-7H,4H2,1-3H3. The summed E-state index contributed by atoms with van der Waals surface area (Å²) in [6.07, 6.45) is 2.27. The third-order valence-corrected chi connectivity index (χ3v) is 3.23. The first-order valence-electron chi connectivity index (χ1n) is 5.02. The van der Waals surface area contributed by atoms with E-state index in [9.17, 15) is 4.79 Å². The second-order valence-electron chi connectivity index (χ2n) is 4.06. The van der Waals surface area contributed by atoms with Crippen LogP contribution in [0, 0.1) is 0 Å². The normalized spacial score (nSPS) is 11.5. The molecule has 0 N–H and O–H groups in total. The molecule has 0 saturated carbocycles. The van der Waals surface area contributed by atoms with E-state index in [0.29, 0.717) is 12.3 Å². The molecule has 3 nitrogen and oxygen atoms in total. The van der Waals surface area contributed by atoms with Gasteiger partial charge >= 0.3 is 0 Å². The molecule has 0 spiro atoms. The van der Waals surface area contributed by atoms with Crippen molar-refractivity contribution < 1.29 is 4.79 Å². The summed E-state index contributed by atoms with van der Waals surface area (Å²) < 4.78 is 2.11. The number of carbonyl (C=O) groups is 1. The highest BCUT2D eigenvalue weighted by Gasteiger charge is 2.13. The van der Waals surface area contributed by atoms with Crippen molar-refractivity contribution in [2.45, 2.75) is 33.1 Å². The number of Topliss-reactive ketones (excluding diaryl/α,β-unsaturated/α-hetero) is 1. The van der Waals surface area contributed by atoms with E-state index in [1.807, 2.05) is 0 Å². The highest BCUT2D eigenvalue weighted by molar-refractivity contribution is 7.15. The highest BCUT2D eigenvalue weighted by Crippen LogP contribution is 2.24. The van der Waals surface area contributed by atoms with E-state index in [0.717, 1.165) is 10.7 Å². The first kappa shape index (κ1) is 10.4. The van der Waals surface area contributed by atoms with Crippen molar-refractivity contribution >= 4 is 22.1 Å². The minimum absolute atomic E-state index is 0.178. The molecular formula is C11H14N2OS. The predicted octanol–water partition coefficient (Wildman–Crippen LogP) is 2.65. The quantitative estimate of drug-likeness (QED) is 0.800. The van der Waals surface area contributed by atoms with Gasteiger partial charge in [0, 0.05) is 17.5 Å². The van der Waals surface area contributed by atoms with Crippen LogP contribution < -0.4 is 0 Å². The Hall–Kier alpha value is -1.16. The van der Waals surface area contributed by atoms with E-state index >= 15 is 0 Å². The summed E-state index contributed by atoms with van der Waals surface area (Å²) >= 11 is 1.63. The third-order valence-electron chi connectivity index (χ3n) is 2.37. The van der Waals surface area contributed by atoms with Crippen molar-refractivity contribution in [2.75, 3.05) is 0 Å². The van der Waals surface area contributed by atoms with Crippen LogP contribution in [0.3, 0.4) is 0 Å². The number of hydrogen-bond donors (Lipinski definition) is 0. The fourth-order valence-electron chi connectivity index (χ4n) is 1.67. The van der Waals surface area contributed by atoms with E-state index < -0.39 is 0 Å². The average Bonchev–Trinajstić information content (AvgIpc) is 2.66. The monoisotopic (exact) mass is 222 g/mol. The maximum Gasteiger partial charge on any atom is 0.194 e. The molecule has 2 aromatic heterocycles. The van der Waals surface area contributed by atoms with E-state index in [1.165, 1.54) is 5.69 Å². The van der Waals surface area contributed by atoms with Gasteiger partial charge in [-0.15, -0.1) is 11.3 Å². The summed E-state index contributed by atoms with van der Waals surface area (Å²) in [5.74, 6) is 0.636. The Morgan fingerprint density at radius 2 is 2.33 bits per heavy atom. The van der Waals surface area contributed by atoms with Gasteiger partial charge in [-0.3, -0.25) is 9.20 Å². The lowest BCUT2D eigenvalue weighted by Gasteiger charge is -2.05. The van der Waals surface area contributed by atoms with Crippen molar-refractivity contribution in [3.05, 3.63) is 23.0 Å². The van der Waals surface area contributed by atoms with Crippen LogP contribution >= 0.6 is 11.3 Å². The largest absolute Gasteiger partial charge is 0.300 e. The Labute approximate surface area is 92.8 Å². The van der Waals surface area contributed by atoms with E-state index in [1.54, 1.807) is 24.5 Å². The summed E-state index contributed by atoms with van der Waals surface area (Å²) in [6, 6.07) is 0. The van der Waals surface area contributed by atoms with Gasteiger partial charge in [0.05, 0.1) is 11.9 Å². The molecule has 0 aromatic carbocycles. The van der Waals surface area contributed by atoms with Crippen LogP contribution in [-0.2, 0) is 11.2 Å². The summed E-state index contributed by atoms with van der Waals surface area (Å²) in [4.78, 5) is 16.4. The fourth-order valence-corrected chi connectivity index (χ4v) is 2.71. The molecule has 2 aromatic rings. The molecular weight excluding hydrogens is 208 g/mol. The van der Waals surface area contributed by atoms with Crippen molar-refractivity contribution in [3.63, 3.8) is 0 Å². The van der Waals surface area contributed by atoms with Gasteiger partial charge in [-0.25, -0.2) is 4.98 Å². The van der Waals surface area contributed by atoms with Crippen LogP contribution in [0.4, 0.5) is 0 Å². The minimum Gasteiger partial charge on any atom is -0.300 e. The molecule has 2 heterocycles. The second-order valence-corrected chi connectivity index (χ2v) is 4.90. The summed E-state index contributed by atoms with van der Waals surface area (Å²) in [7, 11) is 0. The van der Waals surface area contributed by atoms with Gasteiger partial charge in [-0.1, -0.05) is 13.8 Å². The fraction of sp³-hybridized carbons (Fsp3) is 0.455. The van der Waals surface area contributed by atoms with Gasteiger partial charge in [-0.2, -0.15) is 0 Å². The molecule has 0 bridgehead atoms. The number of rotatable bonds is 3. The first-order chi connectivity index (χ1) is 7.09. The maximum absolute atomic E-state index is 11.1. The molecule has 0 atom stereocenters. The molecule has 0 amide bonds. The lowest BCUT2D eigenvalue weighted by atomic mass is 10.1. The van der Waals surface area contributed by atoms with E-state index in [4.69, 9.17) is 0 Å². The van der Waals surface area contributed by atoms with E-state index in [-0.39, 0.29) is 5.78 Å². The van der Waals surface area contributed by atoms with Crippen molar-refractivity contribution in [1.29, 1.82) is 0 Å². The van der Waals surface area contributed by atoms with Crippen molar-refractivity contribution in [1.82, 2.24) is 9.38 Å². The van der Waals surface area contributed by atoms with Gasteiger partial charge in [-0.05, 0) is 12.8 Å². The van der Waals surface area contributed by atoms with Gasteiger partial charge in [0.25, 0.3) is 0 Å². The highest BCUT2D eigenvalue weighted by atomic mass is 32.1. The molecule has 80 valence electrons. The Kier molecular flexibility index (Phi) is 2.61. The topological polar surface area (TPSA) is 34.4 Å². The van der Waals surface area contributed by atoms with Gasteiger partial charge in [0.1, 0.15) is 5.78 Å². The number of hydrogen-bond acceptors (Lipinski definition) is 3. The number of ketones is 1.